The molecule has 0 radical (unpaired) electrons. The standard InChI is InChI=1S/C23H29N3O3/c1-19-8-5-6-11-21(19)29-17-7-12-22(27)24-18-23(28)26-15-13-25(14-16-26)20-9-3-2-4-10-20/h2-6,8-11H,7,12-18H2,1H3,(H,24,27). The van der Waals surface area contributed by atoms with Crippen LogP contribution in [-0.4, -0.2) is 56.0 Å². The minimum Gasteiger partial charge on any atom is -0.493 e. The molecule has 2 aromatic carbocycles. The van der Waals surface area contributed by atoms with Gasteiger partial charge >= 0.3 is 0 Å². The van der Waals surface area contributed by atoms with Crippen molar-refractivity contribution in [3.8, 4) is 5.75 Å². The Balaban J connectivity index is 1.30. The topological polar surface area (TPSA) is 61.9 Å². The number of anilines is 1. The van der Waals surface area contributed by atoms with Crippen LogP contribution in [0.5, 0.6) is 5.75 Å². The van der Waals surface area contributed by atoms with Crippen molar-refractivity contribution in [2.24, 2.45) is 0 Å². The van der Waals surface area contributed by atoms with Gasteiger partial charge in [0, 0.05) is 38.3 Å². The number of nitrogens with one attached hydrogen (secondary N) is 1. The minimum atomic E-state index is -0.116. The van der Waals surface area contributed by atoms with Gasteiger partial charge in [-0.3, -0.25) is 9.59 Å². The lowest BCUT2D eigenvalue weighted by Crippen LogP contribution is -2.51. The molecule has 1 heterocycles. The Labute approximate surface area is 172 Å². The average molecular weight is 396 g/mol. The Morgan fingerprint density at radius 1 is 0.966 bits per heavy atom. The zero-order valence-corrected chi connectivity index (χ0v) is 17.0. The Morgan fingerprint density at radius 3 is 2.38 bits per heavy atom. The van der Waals surface area contributed by atoms with E-state index in [2.05, 4.69) is 22.3 Å². The molecule has 0 aromatic heterocycles. The van der Waals surface area contributed by atoms with Crippen molar-refractivity contribution in [3.05, 3.63) is 60.2 Å². The molecule has 1 saturated heterocycles. The number of rotatable bonds is 8. The number of carbonyl (C=O) groups excluding carboxylic acids is 2. The number of benzene rings is 2. The zero-order valence-electron chi connectivity index (χ0n) is 17.0. The van der Waals surface area contributed by atoms with Gasteiger partial charge in [-0.15, -0.1) is 0 Å². The highest BCUT2D eigenvalue weighted by Gasteiger charge is 2.21. The fraction of sp³-hybridized carbons (Fsp3) is 0.391. The Bertz CT molecular complexity index is 802. The van der Waals surface area contributed by atoms with Crippen LogP contribution in [0.3, 0.4) is 0 Å². The summed E-state index contributed by atoms with van der Waals surface area (Å²) in [5.41, 5.74) is 2.26. The second kappa shape index (κ2) is 10.5. The van der Waals surface area contributed by atoms with Gasteiger partial charge in [0.1, 0.15) is 5.75 Å². The third-order valence-corrected chi connectivity index (χ3v) is 5.09. The van der Waals surface area contributed by atoms with E-state index in [1.54, 1.807) is 0 Å². The van der Waals surface area contributed by atoms with Crippen molar-refractivity contribution in [2.75, 3.05) is 44.2 Å². The molecule has 0 bridgehead atoms. The number of amides is 2. The highest BCUT2D eigenvalue weighted by atomic mass is 16.5. The first-order chi connectivity index (χ1) is 14.1. The quantitative estimate of drug-likeness (QED) is 0.698. The van der Waals surface area contributed by atoms with Gasteiger partial charge in [-0.25, -0.2) is 0 Å². The van der Waals surface area contributed by atoms with Crippen LogP contribution >= 0.6 is 0 Å². The van der Waals surface area contributed by atoms with Crippen LogP contribution in [0.1, 0.15) is 18.4 Å². The van der Waals surface area contributed by atoms with Crippen molar-refractivity contribution in [3.63, 3.8) is 0 Å². The fourth-order valence-electron chi connectivity index (χ4n) is 3.36. The molecule has 29 heavy (non-hydrogen) atoms. The van der Waals surface area contributed by atoms with Gasteiger partial charge in [-0.2, -0.15) is 0 Å². The second-order valence-corrected chi connectivity index (χ2v) is 7.20. The summed E-state index contributed by atoms with van der Waals surface area (Å²) in [5, 5.41) is 2.73. The molecule has 6 nitrogen and oxygen atoms in total. The van der Waals surface area contributed by atoms with Crippen LogP contribution in [0, 0.1) is 6.92 Å². The van der Waals surface area contributed by atoms with Crippen LogP contribution in [-0.2, 0) is 9.59 Å². The zero-order chi connectivity index (χ0) is 20.5. The number of hydrogen-bond donors (Lipinski definition) is 1. The monoisotopic (exact) mass is 395 g/mol. The number of nitrogens with zero attached hydrogens (tertiary/aromatic N) is 2. The molecular formula is C23H29N3O3. The molecule has 3 rings (SSSR count). The third kappa shape index (κ3) is 6.24. The van der Waals surface area contributed by atoms with E-state index in [1.165, 1.54) is 5.69 Å². The highest BCUT2D eigenvalue weighted by molar-refractivity contribution is 5.84. The molecule has 2 amide bonds. The maximum Gasteiger partial charge on any atom is 0.242 e. The number of piperazine rings is 1. The second-order valence-electron chi connectivity index (χ2n) is 7.20. The summed E-state index contributed by atoms with van der Waals surface area (Å²) in [6.07, 6.45) is 0.963. The molecule has 6 heteroatoms. The van der Waals surface area contributed by atoms with E-state index in [0.717, 1.165) is 24.4 Å². The van der Waals surface area contributed by atoms with E-state index < -0.39 is 0 Å². The van der Waals surface area contributed by atoms with Crippen molar-refractivity contribution >= 4 is 17.5 Å². The van der Waals surface area contributed by atoms with Gasteiger partial charge in [-0.05, 0) is 37.1 Å². The molecule has 0 atom stereocenters. The molecule has 1 aliphatic rings. The van der Waals surface area contributed by atoms with E-state index in [-0.39, 0.29) is 18.4 Å². The van der Waals surface area contributed by atoms with E-state index in [0.29, 0.717) is 32.5 Å². The maximum absolute atomic E-state index is 12.4. The third-order valence-electron chi connectivity index (χ3n) is 5.09. The molecule has 0 saturated carbocycles. The van der Waals surface area contributed by atoms with Crippen molar-refractivity contribution < 1.29 is 14.3 Å². The first-order valence-corrected chi connectivity index (χ1v) is 10.2. The molecule has 0 unspecified atom stereocenters. The summed E-state index contributed by atoms with van der Waals surface area (Å²) in [7, 11) is 0. The van der Waals surface area contributed by atoms with E-state index in [4.69, 9.17) is 4.74 Å². The van der Waals surface area contributed by atoms with Gasteiger partial charge in [0.25, 0.3) is 0 Å². The first-order valence-electron chi connectivity index (χ1n) is 10.2. The lowest BCUT2D eigenvalue weighted by atomic mass is 10.2. The van der Waals surface area contributed by atoms with Gasteiger partial charge in [0.2, 0.25) is 11.8 Å². The van der Waals surface area contributed by atoms with Gasteiger partial charge in [-0.1, -0.05) is 36.4 Å². The number of aryl methyl sites for hydroxylation is 1. The van der Waals surface area contributed by atoms with Gasteiger partial charge < -0.3 is 19.9 Å². The molecule has 1 fully saturated rings. The van der Waals surface area contributed by atoms with Crippen LogP contribution in [0.25, 0.3) is 0 Å². The van der Waals surface area contributed by atoms with Crippen LogP contribution < -0.4 is 15.0 Å². The lowest BCUT2D eigenvalue weighted by molar-refractivity contribution is -0.133. The SMILES string of the molecule is Cc1ccccc1OCCCC(=O)NCC(=O)N1CCN(c2ccccc2)CC1. The maximum atomic E-state index is 12.4. The van der Waals surface area contributed by atoms with Crippen molar-refractivity contribution in [2.45, 2.75) is 19.8 Å². The molecule has 0 aliphatic carbocycles. The van der Waals surface area contributed by atoms with Crippen molar-refractivity contribution in [1.82, 2.24) is 10.2 Å². The summed E-state index contributed by atoms with van der Waals surface area (Å²) < 4.78 is 5.69. The summed E-state index contributed by atoms with van der Waals surface area (Å²) in [6.45, 7) is 5.49. The Hall–Kier alpha value is -3.02. The van der Waals surface area contributed by atoms with Crippen LogP contribution in [0.15, 0.2) is 54.6 Å². The molecule has 154 valence electrons. The van der Waals surface area contributed by atoms with Crippen LogP contribution in [0.2, 0.25) is 0 Å². The summed E-state index contributed by atoms with van der Waals surface area (Å²) in [4.78, 5) is 28.5. The Kier molecular flexibility index (Phi) is 7.50. The molecule has 2 aromatic rings. The number of para-hydroxylation sites is 2. The predicted molar refractivity (Wildman–Crippen MR) is 114 cm³/mol. The number of carbonyl (C=O) groups is 2. The predicted octanol–water partition coefficient (Wildman–Crippen LogP) is 2.62. The average Bonchev–Trinajstić information content (AvgIpc) is 2.77. The summed E-state index contributed by atoms with van der Waals surface area (Å²) >= 11 is 0. The summed E-state index contributed by atoms with van der Waals surface area (Å²) in [5.74, 6) is 0.703. The van der Waals surface area contributed by atoms with Crippen molar-refractivity contribution in [1.29, 1.82) is 0 Å². The minimum absolute atomic E-state index is 0.0257. The van der Waals surface area contributed by atoms with E-state index >= 15 is 0 Å². The lowest BCUT2D eigenvalue weighted by Gasteiger charge is -2.36. The molecule has 0 spiro atoms. The van der Waals surface area contributed by atoms with Gasteiger partial charge in [0.05, 0.1) is 13.2 Å². The molecule has 1 aliphatic heterocycles. The van der Waals surface area contributed by atoms with Gasteiger partial charge in [0.15, 0.2) is 0 Å². The fourth-order valence-corrected chi connectivity index (χ4v) is 3.36. The summed E-state index contributed by atoms with van der Waals surface area (Å²) in [6, 6.07) is 18.0. The number of hydrogen-bond acceptors (Lipinski definition) is 4. The largest absolute Gasteiger partial charge is 0.493 e. The smallest absolute Gasteiger partial charge is 0.242 e. The van der Waals surface area contributed by atoms with E-state index in [9.17, 15) is 9.59 Å². The van der Waals surface area contributed by atoms with Crippen LogP contribution in [0.4, 0.5) is 5.69 Å². The molecular weight excluding hydrogens is 366 g/mol. The van der Waals surface area contributed by atoms with E-state index in [1.807, 2.05) is 54.3 Å². The highest BCUT2D eigenvalue weighted by Crippen LogP contribution is 2.17. The first kappa shape index (κ1) is 20.7. The normalized spacial score (nSPS) is 13.8. The number of ether oxygens (including phenoxy) is 1. The Morgan fingerprint density at radius 2 is 1.66 bits per heavy atom. The molecule has 1 N–H and O–H groups in total.